The Morgan fingerprint density at radius 1 is 1.19 bits per heavy atom. The standard InChI is InChI=1S/C14H15Cl2N3O.ClH/c15-10-4-3-9(7-11(10)16)8-12-18-13(19-20-12)14(17)5-1-2-6-14;/h3-4,7H,1-2,5-6,8,17H2;1H. The SMILES string of the molecule is Cl.NC1(c2noc(Cc3ccc(Cl)c(Cl)c3)n2)CCCC1. The third-order valence-electron chi connectivity index (χ3n) is 3.75. The molecule has 1 aromatic heterocycles. The van der Waals surface area contributed by atoms with E-state index in [1.54, 1.807) is 6.07 Å². The van der Waals surface area contributed by atoms with E-state index in [0.717, 1.165) is 31.2 Å². The Morgan fingerprint density at radius 3 is 2.57 bits per heavy atom. The smallest absolute Gasteiger partial charge is 0.231 e. The van der Waals surface area contributed by atoms with E-state index in [1.807, 2.05) is 12.1 Å². The van der Waals surface area contributed by atoms with Gasteiger partial charge in [-0.25, -0.2) is 0 Å². The average Bonchev–Trinajstić information content (AvgIpc) is 3.04. The van der Waals surface area contributed by atoms with Crippen molar-refractivity contribution in [2.45, 2.75) is 37.6 Å². The van der Waals surface area contributed by atoms with Crippen LogP contribution in [0.5, 0.6) is 0 Å². The Kier molecular flexibility index (Phi) is 5.15. The minimum absolute atomic E-state index is 0. The highest BCUT2D eigenvalue weighted by molar-refractivity contribution is 6.42. The lowest BCUT2D eigenvalue weighted by molar-refractivity contribution is 0.352. The van der Waals surface area contributed by atoms with Crippen molar-refractivity contribution in [3.8, 4) is 0 Å². The van der Waals surface area contributed by atoms with Crippen LogP contribution in [0.15, 0.2) is 22.7 Å². The van der Waals surface area contributed by atoms with Gasteiger partial charge in [0.2, 0.25) is 5.89 Å². The highest BCUT2D eigenvalue weighted by atomic mass is 35.5. The predicted molar refractivity (Wildman–Crippen MR) is 85.1 cm³/mol. The number of rotatable bonds is 3. The first-order valence-electron chi connectivity index (χ1n) is 6.63. The van der Waals surface area contributed by atoms with E-state index in [4.69, 9.17) is 33.5 Å². The summed E-state index contributed by atoms with van der Waals surface area (Å²) in [6.45, 7) is 0. The molecule has 7 heteroatoms. The van der Waals surface area contributed by atoms with Gasteiger partial charge in [0.05, 0.1) is 22.0 Å². The first-order chi connectivity index (χ1) is 9.57. The molecule has 0 unspecified atom stereocenters. The molecule has 1 aromatic carbocycles. The monoisotopic (exact) mass is 347 g/mol. The highest BCUT2D eigenvalue weighted by Gasteiger charge is 2.35. The van der Waals surface area contributed by atoms with Gasteiger partial charge >= 0.3 is 0 Å². The normalized spacial score (nSPS) is 16.7. The van der Waals surface area contributed by atoms with Crippen LogP contribution in [0.1, 0.15) is 43.0 Å². The maximum Gasteiger partial charge on any atom is 0.231 e. The summed E-state index contributed by atoms with van der Waals surface area (Å²) in [5.41, 5.74) is 6.87. The predicted octanol–water partition coefficient (Wildman–Crippen LogP) is 4.12. The van der Waals surface area contributed by atoms with Crippen LogP contribution in [-0.4, -0.2) is 10.1 Å². The Bertz CT molecular complexity index is 624. The van der Waals surface area contributed by atoms with Crippen molar-refractivity contribution in [2.75, 3.05) is 0 Å². The van der Waals surface area contributed by atoms with E-state index in [0.29, 0.717) is 28.2 Å². The van der Waals surface area contributed by atoms with E-state index in [1.165, 1.54) is 0 Å². The van der Waals surface area contributed by atoms with Crippen molar-refractivity contribution in [3.63, 3.8) is 0 Å². The molecule has 1 fully saturated rings. The third kappa shape index (κ3) is 3.51. The van der Waals surface area contributed by atoms with Gasteiger partial charge in [0.15, 0.2) is 5.82 Å². The second-order valence-electron chi connectivity index (χ2n) is 5.30. The van der Waals surface area contributed by atoms with Crippen molar-refractivity contribution in [1.29, 1.82) is 0 Å². The fraction of sp³-hybridized carbons (Fsp3) is 0.429. The van der Waals surface area contributed by atoms with E-state index in [9.17, 15) is 0 Å². The van der Waals surface area contributed by atoms with Crippen LogP contribution >= 0.6 is 35.6 Å². The Balaban J connectivity index is 0.00000161. The molecule has 2 N–H and O–H groups in total. The van der Waals surface area contributed by atoms with Gasteiger partial charge in [-0.1, -0.05) is 47.3 Å². The summed E-state index contributed by atoms with van der Waals surface area (Å²) in [5.74, 6) is 1.17. The Morgan fingerprint density at radius 2 is 1.90 bits per heavy atom. The molecule has 0 radical (unpaired) electrons. The van der Waals surface area contributed by atoms with Crippen LogP contribution in [0.3, 0.4) is 0 Å². The minimum Gasteiger partial charge on any atom is -0.339 e. The van der Waals surface area contributed by atoms with Crippen LogP contribution in [0.4, 0.5) is 0 Å². The number of aromatic nitrogens is 2. The molecular weight excluding hydrogens is 333 g/mol. The number of hydrogen-bond acceptors (Lipinski definition) is 4. The highest BCUT2D eigenvalue weighted by Crippen LogP contribution is 2.34. The number of hydrogen-bond donors (Lipinski definition) is 1. The number of halogens is 3. The second kappa shape index (κ2) is 6.53. The van der Waals surface area contributed by atoms with Crippen molar-refractivity contribution in [2.24, 2.45) is 5.73 Å². The van der Waals surface area contributed by atoms with Crippen LogP contribution in [0.2, 0.25) is 10.0 Å². The molecule has 2 aromatic rings. The van der Waals surface area contributed by atoms with Crippen LogP contribution in [-0.2, 0) is 12.0 Å². The molecule has 4 nitrogen and oxygen atoms in total. The molecule has 0 saturated heterocycles. The van der Waals surface area contributed by atoms with E-state index < -0.39 is 5.54 Å². The fourth-order valence-corrected chi connectivity index (χ4v) is 2.90. The van der Waals surface area contributed by atoms with E-state index in [2.05, 4.69) is 10.1 Å². The molecular formula is C14H16Cl3N3O. The number of nitrogens with zero attached hydrogens (tertiary/aromatic N) is 2. The minimum atomic E-state index is -0.417. The third-order valence-corrected chi connectivity index (χ3v) is 4.49. The first-order valence-corrected chi connectivity index (χ1v) is 7.38. The van der Waals surface area contributed by atoms with Gasteiger partial charge < -0.3 is 10.3 Å². The van der Waals surface area contributed by atoms with Gasteiger partial charge in [-0.15, -0.1) is 12.4 Å². The van der Waals surface area contributed by atoms with Gasteiger partial charge in [0.25, 0.3) is 0 Å². The molecule has 21 heavy (non-hydrogen) atoms. The largest absolute Gasteiger partial charge is 0.339 e. The van der Waals surface area contributed by atoms with Crippen molar-refractivity contribution in [3.05, 3.63) is 45.5 Å². The second-order valence-corrected chi connectivity index (χ2v) is 6.11. The summed E-state index contributed by atoms with van der Waals surface area (Å²) >= 11 is 11.9. The van der Waals surface area contributed by atoms with Crippen LogP contribution < -0.4 is 5.73 Å². The molecule has 1 aliphatic carbocycles. The molecule has 1 aliphatic rings. The Hall–Kier alpha value is -0.810. The molecule has 0 atom stereocenters. The summed E-state index contributed by atoms with van der Waals surface area (Å²) in [6.07, 6.45) is 4.60. The molecule has 0 spiro atoms. The fourth-order valence-electron chi connectivity index (χ4n) is 2.58. The van der Waals surface area contributed by atoms with Gasteiger partial charge in [-0.3, -0.25) is 0 Å². The van der Waals surface area contributed by atoms with Gasteiger partial charge in [0, 0.05) is 0 Å². The van der Waals surface area contributed by atoms with Gasteiger partial charge in [0.1, 0.15) is 0 Å². The summed E-state index contributed by atoms with van der Waals surface area (Å²) in [5, 5.41) is 5.09. The van der Waals surface area contributed by atoms with Gasteiger partial charge in [-0.2, -0.15) is 4.98 Å². The molecule has 0 aliphatic heterocycles. The molecule has 3 rings (SSSR count). The molecule has 1 heterocycles. The van der Waals surface area contributed by atoms with Gasteiger partial charge in [-0.05, 0) is 30.5 Å². The molecule has 0 amide bonds. The summed E-state index contributed by atoms with van der Waals surface area (Å²) in [6, 6.07) is 5.46. The zero-order valence-corrected chi connectivity index (χ0v) is 13.6. The zero-order chi connectivity index (χ0) is 14.2. The topological polar surface area (TPSA) is 64.9 Å². The van der Waals surface area contributed by atoms with Crippen molar-refractivity contribution in [1.82, 2.24) is 10.1 Å². The van der Waals surface area contributed by atoms with Crippen LogP contribution in [0, 0.1) is 0 Å². The average molecular weight is 349 g/mol. The summed E-state index contributed by atoms with van der Waals surface area (Å²) in [4.78, 5) is 4.43. The molecule has 1 saturated carbocycles. The lowest BCUT2D eigenvalue weighted by atomic mass is 9.99. The van der Waals surface area contributed by atoms with Crippen LogP contribution in [0.25, 0.3) is 0 Å². The van der Waals surface area contributed by atoms with E-state index >= 15 is 0 Å². The summed E-state index contributed by atoms with van der Waals surface area (Å²) in [7, 11) is 0. The number of benzene rings is 1. The summed E-state index contributed by atoms with van der Waals surface area (Å²) < 4.78 is 5.30. The molecule has 0 bridgehead atoms. The van der Waals surface area contributed by atoms with Crippen molar-refractivity contribution >= 4 is 35.6 Å². The quantitative estimate of drug-likeness (QED) is 0.906. The van der Waals surface area contributed by atoms with E-state index in [-0.39, 0.29) is 12.4 Å². The maximum absolute atomic E-state index is 6.31. The maximum atomic E-state index is 6.31. The lowest BCUT2D eigenvalue weighted by Crippen LogP contribution is -2.34. The number of nitrogens with two attached hydrogens (primary N) is 1. The first kappa shape index (κ1) is 16.6. The Labute approximate surface area is 139 Å². The van der Waals surface area contributed by atoms with Crippen molar-refractivity contribution < 1.29 is 4.52 Å². The molecule has 114 valence electrons. The lowest BCUT2D eigenvalue weighted by Gasteiger charge is -2.17. The zero-order valence-electron chi connectivity index (χ0n) is 11.3.